The third-order valence-electron chi connectivity index (χ3n) is 0.729. The first-order chi connectivity index (χ1) is 4.91. The fraction of sp³-hybridized carbons (Fsp3) is 0.429. The van der Waals surface area contributed by atoms with E-state index in [1.165, 1.54) is 6.92 Å². The molecule has 1 amide bonds. The largest absolute Gasteiger partial charge is 0.478 e. The van der Waals surface area contributed by atoms with E-state index in [2.05, 4.69) is 12.3 Å². The molecule has 0 spiro atoms. The Bertz CT molecular complexity index is 159. The summed E-state index contributed by atoms with van der Waals surface area (Å²) in [6.45, 7) is 6.34. The highest BCUT2D eigenvalue weighted by molar-refractivity contribution is 5.85. The molecule has 0 aromatic heterocycles. The van der Waals surface area contributed by atoms with E-state index in [1.807, 2.05) is 0 Å². The SMILES string of the molecule is C=C(CC)C(=O)O.CC(N)=O. The Morgan fingerprint density at radius 1 is 1.55 bits per heavy atom. The number of carboxylic acid groups (broad SMARTS) is 1. The maximum Gasteiger partial charge on any atom is 0.330 e. The Hall–Kier alpha value is -1.32. The van der Waals surface area contributed by atoms with Crippen LogP contribution in [0.1, 0.15) is 20.3 Å². The van der Waals surface area contributed by atoms with Crippen molar-refractivity contribution in [2.75, 3.05) is 0 Å². The van der Waals surface area contributed by atoms with Crippen LogP contribution in [0, 0.1) is 0 Å². The number of amides is 1. The number of hydrogen-bond donors (Lipinski definition) is 2. The van der Waals surface area contributed by atoms with E-state index in [4.69, 9.17) is 5.11 Å². The second-order valence-corrected chi connectivity index (χ2v) is 1.87. The molecule has 0 aliphatic carbocycles. The molecule has 0 heterocycles. The predicted molar refractivity (Wildman–Crippen MR) is 41.9 cm³/mol. The minimum absolute atomic E-state index is 0.264. The van der Waals surface area contributed by atoms with E-state index >= 15 is 0 Å². The Morgan fingerprint density at radius 2 is 1.82 bits per heavy atom. The van der Waals surface area contributed by atoms with Crippen LogP contribution in [0.2, 0.25) is 0 Å². The number of carbonyl (C=O) groups excluding carboxylic acids is 1. The fourth-order valence-corrected chi connectivity index (χ4v) is 0.151. The maximum atomic E-state index is 9.83. The highest BCUT2D eigenvalue weighted by atomic mass is 16.4. The Kier molecular flexibility index (Phi) is 7.64. The standard InChI is InChI=1S/C5H8O2.C2H5NO/c1-3-4(2)5(6)7;1-2(3)4/h2-3H2,1H3,(H,6,7);1H3,(H2,3,4). The molecule has 3 N–H and O–H groups in total. The van der Waals surface area contributed by atoms with Crippen LogP contribution >= 0.6 is 0 Å². The molecule has 64 valence electrons. The Balaban J connectivity index is 0. The van der Waals surface area contributed by atoms with Crippen LogP contribution in [0.3, 0.4) is 0 Å². The van der Waals surface area contributed by atoms with Crippen molar-refractivity contribution in [1.29, 1.82) is 0 Å². The summed E-state index contributed by atoms with van der Waals surface area (Å²) in [5.74, 6) is -1.23. The summed E-state index contributed by atoms with van der Waals surface area (Å²) in [5.41, 5.74) is 4.74. The molecule has 0 bridgehead atoms. The fourth-order valence-electron chi connectivity index (χ4n) is 0.151. The summed E-state index contributed by atoms with van der Waals surface area (Å²) in [7, 11) is 0. The van der Waals surface area contributed by atoms with Gasteiger partial charge in [-0.25, -0.2) is 4.79 Å². The molecule has 11 heavy (non-hydrogen) atoms. The summed E-state index contributed by atoms with van der Waals surface area (Å²) in [4.78, 5) is 19.1. The summed E-state index contributed by atoms with van der Waals surface area (Å²) >= 11 is 0. The van der Waals surface area contributed by atoms with Crippen molar-refractivity contribution in [2.24, 2.45) is 5.73 Å². The van der Waals surface area contributed by atoms with Crippen LogP contribution in [0.5, 0.6) is 0 Å². The lowest BCUT2D eigenvalue weighted by Gasteiger charge is -1.87. The second kappa shape index (κ2) is 6.80. The van der Waals surface area contributed by atoms with Crippen LogP contribution < -0.4 is 5.73 Å². The molecule has 0 unspecified atom stereocenters. The molecule has 0 aliphatic rings. The van der Waals surface area contributed by atoms with Gasteiger partial charge >= 0.3 is 5.97 Å². The van der Waals surface area contributed by atoms with Crippen LogP contribution in [0.25, 0.3) is 0 Å². The molecular formula is C7H13NO3. The van der Waals surface area contributed by atoms with Gasteiger partial charge in [0.2, 0.25) is 5.91 Å². The van der Waals surface area contributed by atoms with Crippen molar-refractivity contribution < 1.29 is 14.7 Å². The van der Waals surface area contributed by atoms with Gasteiger partial charge in [-0.1, -0.05) is 13.5 Å². The lowest BCUT2D eigenvalue weighted by molar-refractivity contribution is -0.132. The van der Waals surface area contributed by atoms with E-state index in [0.717, 1.165) is 0 Å². The smallest absolute Gasteiger partial charge is 0.330 e. The lowest BCUT2D eigenvalue weighted by Crippen LogP contribution is -2.01. The number of carbonyl (C=O) groups is 2. The number of rotatable bonds is 2. The highest BCUT2D eigenvalue weighted by Gasteiger charge is 1.96. The monoisotopic (exact) mass is 159 g/mol. The quantitative estimate of drug-likeness (QED) is 0.576. The van der Waals surface area contributed by atoms with Gasteiger partial charge in [0.25, 0.3) is 0 Å². The number of nitrogens with two attached hydrogens (primary N) is 1. The Morgan fingerprint density at radius 3 is 1.82 bits per heavy atom. The maximum absolute atomic E-state index is 9.83. The van der Waals surface area contributed by atoms with Gasteiger partial charge in [-0.2, -0.15) is 0 Å². The van der Waals surface area contributed by atoms with Crippen molar-refractivity contribution >= 4 is 11.9 Å². The molecule has 4 heteroatoms. The average Bonchev–Trinajstić information content (AvgIpc) is 1.85. The molecule has 0 atom stereocenters. The first-order valence-corrected chi connectivity index (χ1v) is 3.08. The van der Waals surface area contributed by atoms with Crippen LogP contribution in [0.4, 0.5) is 0 Å². The summed E-state index contributed by atoms with van der Waals surface area (Å²) < 4.78 is 0. The van der Waals surface area contributed by atoms with Gasteiger partial charge in [-0.3, -0.25) is 4.79 Å². The molecule has 0 aromatic rings. The molecule has 0 rings (SSSR count). The molecule has 0 aliphatic heterocycles. The minimum atomic E-state index is -0.900. The molecule has 4 nitrogen and oxygen atoms in total. The molecule has 0 aromatic carbocycles. The number of primary amides is 1. The highest BCUT2D eigenvalue weighted by Crippen LogP contribution is 1.93. The van der Waals surface area contributed by atoms with Gasteiger partial charge in [-0.15, -0.1) is 0 Å². The molecular weight excluding hydrogens is 146 g/mol. The minimum Gasteiger partial charge on any atom is -0.478 e. The van der Waals surface area contributed by atoms with Gasteiger partial charge in [0.1, 0.15) is 0 Å². The summed E-state index contributed by atoms with van der Waals surface area (Å²) in [6.07, 6.45) is 0.523. The third-order valence-corrected chi connectivity index (χ3v) is 0.729. The van der Waals surface area contributed by atoms with E-state index in [9.17, 15) is 9.59 Å². The zero-order valence-electron chi connectivity index (χ0n) is 6.76. The van der Waals surface area contributed by atoms with Gasteiger partial charge in [0.05, 0.1) is 0 Å². The first-order valence-electron chi connectivity index (χ1n) is 3.08. The van der Waals surface area contributed by atoms with Crippen LogP contribution in [0.15, 0.2) is 12.2 Å². The average molecular weight is 159 g/mol. The molecule has 0 saturated carbocycles. The van der Waals surface area contributed by atoms with Crippen molar-refractivity contribution in [3.8, 4) is 0 Å². The van der Waals surface area contributed by atoms with Gasteiger partial charge in [0.15, 0.2) is 0 Å². The normalized spacial score (nSPS) is 7.45. The Labute approximate surface area is 65.7 Å². The first kappa shape index (κ1) is 12.4. The zero-order chi connectivity index (χ0) is 9.44. The van der Waals surface area contributed by atoms with Crippen molar-refractivity contribution in [3.63, 3.8) is 0 Å². The zero-order valence-corrected chi connectivity index (χ0v) is 6.76. The topological polar surface area (TPSA) is 80.4 Å². The summed E-state index contributed by atoms with van der Waals surface area (Å²) in [5, 5.41) is 8.08. The van der Waals surface area contributed by atoms with Gasteiger partial charge < -0.3 is 10.8 Å². The van der Waals surface area contributed by atoms with E-state index < -0.39 is 5.97 Å². The van der Waals surface area contributed by atoms with Gasteiger partial charge in [0, 0.05) is 12.5 Å². The third kappa shape index (κ3) is 17.7. The van der Waals surface area contributed by atoms with Crippen LogP contribution in [-0.4, -0.2) is 17.0 Å². The number of aliphatic carboxylic acids is 1. The van der Waals surface area contributed by atoms with Crippen molar-refractivity contribution in [1.82, 2.24) is 0 Å². The van der Waals surface area contributed by atoms with Gasteiger partial charge in [-0.05, 0) is 6.42 Å². The number of carboxylic acids is 1. The molecule has 0 radical (unpaired) electrons. The van der Waals surface area contributed by atoms with Crippen molar-refractivity contribution in [3.05, 3.63) is 12.2 Å². The molecule has 0 saturated heterocycles. The van der Waals surface area contributed by atoms with Crippen molar-refractivity contribution in [2.45, 2.75) is 20.3 Å². The predicted octanol–water partition coefficient (Wildman–Crippen LogP) is 0.529. The second-order valence-electron chi connectivity index (χ2n) is 1.87. The summed E-state index contributed by atoms with van der Waals surface area (Å²) in [6, 6.07) is 0. The van der Waals surface area contributed by atoms with Crippen LogP contribution in [-0.2, 0) is 9.59 Å². The molecule has 0 fully saturated rings. The van der Waals surface area contributed by atoms with E-state index in [-0.39, 0.29) is 11.5 Å². The number of hydrogen-bond acceptors (Lipinski definition) is 2. The van der Waals surface area contributed by atoms with E-state index in [1.54, 1.807) is 6.92 Å². The van der Waals surface area contributed by atoms with E-state index in [0.29, 0.717) is 6.42 Å². The lowest BCUT2D eigenvalue weighted by atomic mass is 10.2.